The van der Waals surface area contributed by atoms with Gasteiger partial charge in [-0.15, -0.1) is 11.3 Å². The highest BCUT2D eigenvalue weighted by Crippen LogP contribution is 2.24. The fourth-order valence-electron chi connectivity index (χ4n) is 3.55. The lowest BCUT2D eigenvalue weighted by Gasteiger charge is -2.29. The maximum atomic E-state index is 12.0. The first-order chi connectivity index (χ1) is 11.2. The predicted molar refractivity (Wildman–Crippen MR) is 94.9 cm³/mol. The number of rotatable bonds is 6. The van der Waals surface area contributed by atoms with Gasteiger partial charge < -0.3 is 15.1 Å². The van der Waals surface area contributed by atoms with E-state index in [-0.39, 0.29) is 5.91 Å². The van der Waals surface area contributed by atoms with E-state index in [4.69, 9.17) is 0 Å². The van der Waals surface area contributed by atoms with Crippen LogP contribution in [0.3, 0.4) is 0 Å². The third-order valence-electron chi connectivity index (χ3n) is 4.88. The first kappa shape index (κ1) is 16.7. The summed E-state index contributed by atoms with van der Waals surface area (Å²) in [6, 6.07) is 0. The Morgan fingerprint density at radius 1 is 1.35 bits per heavy atom. The van der Waals surface area contributed by atoms with Gasteiger partial charge in [-0.1, -0.05) is 0 Å². The Morgan fingerprint density at radius 3 is 2.96 bits per heavy atom. The molecule has 0 radical (unpaired) electrons. The number of carbonyl (C=O) groups excluding carboxylic acids is 1. The van der Waals surface area contributed by atoms with Gasteiger partial charge in [0.05, 0.1) is 12.2 Å². The van der Waals surface area contributed by atoms with Crippen LogP contribution in [0.2, 0.25) is 0 Å². The van der Waals surface area contributed by atoms with Gasteiger partial charge in [0.1, 0.15) is 0 Å². The second kappa shape index (κ2) is 8.11. The van der Waals surface area contributed by atoms with Gasteiger partial charge in [0.15, 0.2) is 5.13 Å². The average Bonchev–Trinajstić information content (AvgIpc) is 3.22. The van der Waals surface area contributed by atoms with E-state index in [2.05, 4.69) is 32.5 Å². The molecule has 3 rings (SSSR count). The average molecular weight is 337 g/mol. The number of anilines is 1. The molecule has 5 nitrogen and oxygen atoms in total. The zero-order valence-corrected chi connectivity index (χ0v) is 14.9. The molecule has 0 saturated carbocycles. The number of carbonyl (C=O) groups is 1. The Labute approximate surface area is 143 Å². The van der Waals surface area contributed by atoms with Crippen molar-refractivity contribution in [3.8, 4) is 0 Å². The van der Waals surface area contributed by atoms with Gasteiger partial charge in [0, 0.05) is 31.4 Å². The molecule has 1 atom stereocenters. The molecule has 2 fully saturated rings. The summed E-state index contributed by atoms with van der Waals surface area (Å²) in [6.45, 7) is 5.14. The molecule has 23 heavy (non-hydrogen) atoms. The zero-order valence-electron chi connectivity index (χ0n) is 14.1. The van der Waals surface area contributed by atoms with E-state index in [0.717, 1.165) is 36.9 Å². The van der Waals surface area contributed by atoms with E-state index in [9.17, 15) is 4.79 Å². The zero-order chi connectivity index (χ0) is 16.1. The quantitative estimate of drug-likeness (QED) is 0.867. The van der Waals surface area contributed by atoms with E-state index >= 15 is 0 Å². The van der Waals surface area contributed by atoms with Gasteiger partial charge in [-0.3, -0.25) is 4.79 Å². The number of hydrogen-bond acceptors (Lipinski definition) is 5. The number of nitrogens with one attached hydrogen (secondary N) is 1. The van der Waals surface area contributed by atoms with Crippen molar-refractivity contribution in [1.82, 2.24) is 15.2 Å². The van der Waals surface area contributed by atoms with Crippen LogP contribution in [-0.4, -0.2) is 49.0 Å². The molecule has 2 aliphatic heterocycles. The van der Waals surface area contributed by atoms with Crippen LogP contribution in [0.4, 0.5) is 5.13 Å². The second-order valence-electron chi connectivity index (χ2n) is 6.90. The topological polar surface area (TPSA) is 48.5 Å². The third-order valence-corrected chi connectivity index (χ3v) is 5.83. The van der Waals surface area contributed by atoms with Crippen LogP contribution >= 0.6 is 11.3 Å². The summed E-state index contributed by atoms with van der Waals surface area (Å²) >= 11 is 1.69. The summed E-state index contributed by atoms with van der Waals surface area (Å²) in [4.78, 5) is 21.4. The van der Waals surface area contributed by atoms with Crippen molar-refractivity contribution in [3.63, 3.8) is 0 Å². The van der Waals surface area contributed by atoms with Crippen LogP contribution in [0.25, 0.3) is 0 Å². The van der Waals surface area contributed by atoms with Crippen molar-refractivity contribution in [2.75, 3.05) is 38.1 Å². The number of thiazole rings is 1. The molecule has 0 aliphatic carbocycles. The molecule has 2 saturated heterocycles. The van der Waals surface area contributed by atoms with Crippen LogP contribution in [-0.2, 0) is 11.3 Å². The summed E-state index contributed by atoms with van der Waals surface area (Å²) in [7, 11) is 2.17. The number of nitrogens with zero attached hydrogens (tertiary/aromatic N) is 3. The van der Waals surface area contributed by atoms with Gasteiger partial charge in [-0.25, -0.2) is 4.98 Å². The maximum Gasteiger partial charge on any atom is 0.220 e. The Hall–Kier alpha value is -1.14. The van der Waals surface area contributed by atoms with Gasteiger partial charge in [-0.2, -0.15) is 0 Å². The standard InChI is InChI=1S/C17H28N4OS/c1-20-8-4-5-14(12-20)6-7-16(22)18-11-15-13-23-17(19-15)21-9-2-3-10-21/h13-14H,2-12H2,1H3,(H,18,22)/t14-/m0/s1. The number of likely N-dealkylation sites (tertiary alicyclic amines) is 1. The SMILES string of the molecule is CN1CCC[C@@H](CCC(=O)NCc2csc(N3CCCC3)n2)C1. The van der Waals surface area contributed by atoms with E-state index in [0.29, 0.717) is 18.9 Å². The van der Waals surface area contributed by atoms with E-state index in [1.54, 1.807) is 11.3 Å². The molecule has 3 heterocycles. The van der Waals surface area contributed by atoms with Crippen molar-refractivity contribution < 1.29 is 4.79 Å². The molecule has 128 valence electrons. The van der Waals surface area contributed by atoms with Gasteiger partial charge in [-0.05, 0) is 51.6 Å². The Kier molecular flexibility index (Phi) is 5.89. The molecule has 0 unspecified atom stereocenters. The highest BCUT2D eigenvalue weighted by molar-refractivity contribution is 7.13. The van der Waals surface area contributed by atoms with Crippen LogP contribution < -0.4 is 10.2 Å². The van der Waals surface area contributed by atoms with Crippen LogP contribution in [0.5, 0.6) is 0 Å². The number of hydrogen-bond donors (Lipinski definition) is 1. The minimum absolute atomic E-state index is 0.161. The summed E-state index contributed by atoms with van der Waals surface area (Å²) < 4.78 is 0. The van der Waals surface area contributed by atoms with E-state index in [1.165, 1.54) is 32.2 Å². The fraction of sp³-hybridized carbons (Fsp3) is 0.765. The highest BCUT2D eigenvalue weighted by Gasteiger charge is 2.18. The summed E-state index contributed by atoms with van der Waals surface area (Å²) in [5, 5.41) is 6.21. The van der Waals surface area contributed by atoms with Crippen molar-refractivity contribution in [2.24, 2.45) is 5.92 Å². The molecule has 1 amide bonds. The van der Waals surface area contributed by atoms with Crippen LogP contribution in [0, 0.1) is 5.92 Å². The normalized spacial score (nSPS) is 22.5. The lowest BCUT2D eigenvalue weighted by atomic mass is 9.93. The molecule has 1 N–H and O–H groups in total. The van der Waals surface area contributed by atoms with Crippen molar-refractivity contribution in [3.05, 3.63) is 11.1 Å². The molecule has 1 aromatic heterocycles. The lowest BCUT2D eigenvalue weighted by molar-refractivity contribution is -0.121. The molecule has 2 aliphatic rings. The molecular weight excluding hydrogens is 308 g/mol. The maximum absolute atomic E-state index is 12.0. The highest BCUT2D eigenvalue weighted by atomic mass is 32.1. The number of aromatic nitrogens is 1. The van der Waals surface area contributed by atoms with Crippen LogP contribution in [0.15, 0.2) is 5.38 Å². The van der Waals surface area contributed by atoms with Crippen molar-refractivity contribution in [2.45, 2.75) is 45.1 Å². The fourth-order valence-corrected chi connectivity index (χ4v) is 4.43. The van der Waals surface area contributed by atoms with Crippen molar-refractivity contribution in [1.29, 1.82) is 0 Å². The molecule has 6 heteroatoms. The Balaban J connectivity index is 1.37. The molecule has 0 aromatic carbocycles. The number of amides is 1. The molecular formula is C17H28N4OS. The second-order valence-corrected chi connectivity index (χ2v) is 7.74. The summed E-state index contributed by atoms with van der Waals surface area (Å²) in [6.07, 6.45) is 6.71. The predicted octanol–water partition coefficient (Wildman–Crippen LogP) is 2.48. The monoisotopic (exact) mass is 336 g/mol. The molecule has 0 spiro atoms. The van der Waals surface area contributed by atoms with Gasteiger partial charge in [0.25, 0.3) is 0 Å². The smallest absolute Gasteiger partial charge is 0.220 e. The largest absolute Gasteiger partial charge is 0.350 e. The molecule has 1 aromatic rings. The van der Waals surface area contributed by atoms with Gasteiger partial charge in [0.2, 0.25) is 5.91 Å². The Bertz CT molecular complexity index is 512. The minimum Gasteiger partial charge on any atom is -0.350 e. The van der Waals surface area contributed by atoms with Crippen molar-refractivity contribution >= 4 is 22.4 Å². The minimum atomic E-state index is 0.161. The Morgan fingerprint density at radius 2 is 2.17 bits per heavy atom. The van der Waals surface area contributed by atoms with E-state index < -0.39 is 0 Å². The van der Waals surface area contributed by atoms with E-state index in [1.807, 2.05) is 0 Å². The first-order valence-corrected chi connectivity index (χ1v) is 9.73. The first-order valence-electron chi connectivity index (χ1n) is 8.85. The molecule has 0 bridgehead atoms. The van der Waals surface area contributed by atoms with Crippen LogP contribution in [0.1, 0.15) is 44.2 Å². The summed E-state index contributed by atoms with van der Waals surface area (Å²) in [5.74, 6) is 0.842. The third kappa shape index (κ3) is 4.91. The lowest BCUT2D eigenvalue weighted by Crippen LogP contribution is -2.33. The number of piperidine rings is 1. The van der Waals surface area contributed by atoms with Gasteiger partial charge >= 0.3 is 0 Å². The summed E-state index contributed by atoms with van der Waals surface area (Å²) in [5.41, 5.74) is 0.989.